The molecule has 1 saturated heterocycles. The van der Waals surface area contributed by atoms with E-state index in [1.54, 1.807) is 0 Å². The largest absolute Gasteiger partial charge is 0.383 e. The molecule has 0 bridgehead atoms. The van der Waals surface area contributed by atoms with E-state index in [4.69, 9.17) is 10.5 Å². The molecule has 6 nitrogen and oxygen atoms in total. The quantitative estimate of drug-likeness (QED) is 0.733. The SMILES string of the molecule is COCC(N)C(=O)Nc1nc(-c2cccc(N3CCC(C(F)F)CC3)c2)cs1. The number of benzene rings is 1. The Bertz CT molecular complexity index is 794. The Morgan fingerprint density at radius 2 is 2.18 bits per heavy atom. The van der Waals surface area contributed by atoms with E-state index in [2.05, 4.69) is 15.2 Å². The van der Waals surface area contributed by atoms with Gasteiger partial charge in [0.2, 0.25) is 12.3 Å². The van der Waals surface area contributed by atoms with E-state index in [0.29, 0.717) is 31.1 Å². The van der Waals surface area contributed by atoms with Gasteiger partial charge in [0.15, 0.2) is 5.13 Å². The summed E-state index contributed by atoms with van der Waals surface area (Å²) in [4.78, 5) is 18.6. The van der Waals surface area contributed by atoms with Crippen LogP contribution >= 0.6 is 11.3 Å². The lowest BCUT2D eigenvalue weighted by molar-refractivity contribution is -0.118. The maximum atomic E-state index is 12.9. The van der Waals surface area contributed by atoms with Crippen LogP contribution in [-0.4, -0.2) is 50.2 Å². The number of hydrogen-bond donors (Lipinski definition) is 2. The van der Waals surface area contributed by atoms with Gasteiger partial charge in [-0.3, -0.25) is 4.79 Å². The number of carbonyl (C=O) groups excluding carboxylic acids is 1. The fraction of sp³-hybridized carbons (Fsp3) is 0.474. The minimum atomic E-state index is -2.24. The highest BCUT2D eigenvalue weighted by Gasteiger charge is 2.26. The van der Waals surface area contributed by atoms with Gasteiger partial charge >= 0.3 is 0 Å². The van der Waals surface area contributed by atoms with Crippen LogP contribution in [0.15, 0.2) is 29.6 Å². The maximum Gasteiger partial charge on any atom is 0.245 e. The summed E-state index contributed by atoms with van der Waals surface area (Å²) in [5.41, 5.74) is 8.35. The molecule has 1 aliphatic heterocycles. The molecule has 1 atom stereocenters. The first-order chi connectivity index (χ1) is 13.5. The summed E-state index contributed by atoms with van der Waals surface area (Å²) in [6, 6.07) is 7.09. The number of carbonyl (C=O) groups is 1. The third-order valence-electron chi connectivity index (χ3n) is 4.82. The summed E-state index contributed by atoms with van der Waals surface area (Å²) >= 11 is 1.32. The van der Waals surface area contributed by atoms with Gasteiger partial charge in [-0.25, -0.2) is 13.8 Å². The number of halogens is 2. The highest BCUT2D eigenvalue weighted by atomic mass is 32.1. The highest BCUT2D eigenvalue weighted by Crippen LogP contribution is 2.31. The number of piperidine rings is 1. The van der Waals surface area contributed by atoms with Gasteiger partial charge in [-0.2, -0.15) is 0 Å². The van der Waals surface area contributed by atoms with Crippen molar-refractivity contribution in [2.24, 2.45) is 11.7 Å². The van der Waals surface area contributed by atoms with Crippen molar-refractivity contribution >= 4 is 28.1 Å². The van der Waals surface area contributed by atoms with Crippen molar-refractivity contribution in [1.29, 1.82) is 0 Å². The molecule has 9 heteroatoms. The second-order valence-corrected chi connectivity index (χ2v) is 7.66. The average molecular weight is 410 g/mol. The lowest BCUT2D eigenvalue weighted by Gasteiger charge is -2.33. The molecule has 3 N–H and O–H groups in total. The average Bonchev–Trinajstić information content (AvgIpc) is 3.17. The molecule has 1 amide bonds. The van der Waals surface area contributed by atoms with Gasteiger partial charge < -0.3 is 20.7 Å². The molecule has 0 saturated carbocycles. The first kappa shape index (κ1) is 20.6. The van der Waals surface area contributed by atoms with Crippen LogP contribution in [0.25, 0.3) is 11.3 Å². The zero-order valence-corrected chi connectivity index (χ0v) is 16.4. The van der Waals surface area contributed by atoms with Crippen LogP contribution in [0.1, 0.15) is 12.8 Å². The molecule has 2 aromatic rings. The third-order valence-corrected chi connectivity index (χ3v) is 5.58. The summed E-state index contributed by atoms with van der Waals surface area (Å²) in [7, 11) is 1.48. The van der Waals surface area contributed by atoms with Gasteiger partial charge in [-0.05, 0) is 25.0 Å². The molecule has 1 aromatic heterocycles. The lowest BCUT2D eigenvalue weighted by atomic mass is 9.97. The predicted molar refractivity (Wildman–Crippen MR) is 107 cm³/mol. The molecule has 3 rings (SSSR count). The Hall–Kier alpha value is -2.10. The minimum Gasteiger partial charge on any atom is -0.383 e. The van der Waals surface area contributed by atoms with E-state index >= 15 is 0 Å². The normalized spacial score (nSPS) is 16.4. The van der Waals surface area contributed by atoms with E-state index < -0.39 is 18.4 Å². The van der Waals surface area contributed by atoms with Crippen molar-refractivity contribution in [2.75, 3.05) is 37.0 Å². The molecular weight excluding hydrogens is 386 g/mol. The number of methoxy groups -OCH3 is 1. The van der Waals surface area contributed by atoms with Crippen LogP contribution in [0.4, 0.5) is 19.6 Å². The number of alkyl halides is 2. The fourth-order valence-electron chi connectivity index (χ4n) is 3.19. The molecule has 0 spiro atoms. The van der Waals surface area contributed by atoms with Gasteiger partial charge in [0.05, 0.1) is 12.3 Å². The number of thiazole rings is 1. The van der Waals surface area contributed by atoms with Crippen LogP contribution < -0.4 is 16.0 Å². The lowest BCUT2D eigenvalue weighted by Crippen LogP contribution is -2.39. The molecular formula is C19H24F2N4O2S. The molecule has 1 unspecified atom stereocenters. The number of nitrogens with one attached hydrogen (secondary N) is 1. The molecule has 28 heavy (non-hydrogen) atoms. The topological polar surface area (TPSA) is 80.5 Å². The number of aromatic nitrogens is 1. The van der Waals surface area contributed by atoms with E-state index in [1.165, 1.54) is 18.4 Å². The smallest absolute Gasteiger partial charge is 0.245 e. The standard InChI is InChI=1S/C19H24F2N4O2S/c1-27-10-15(22)18(26)24-19-23-16(11-28-19)13-3-2-4-14(9-13)25-7-5-12(6-8-25)17(20)21/h2-4,9,11-12,15,17H,5-8,10,22H2,1H3,(H,23,24,26). The summed E-state index contributed by atoms with van der Waals surface area (Å²) in [5.74, 6) is -0.855. The zero-order chi connectivity index (χ0) is 20.1. The van der Waals surface area contributed by atoms with Crippen LogP contribution in [0.2, 0.25) is 0 Å². The molecule has 152 valence electrons. The van der Waals surface area contributed by atoms with Crippen LogP contribution in [0.5, 0.6) is 0 Å². The minimum absolute atomic E-state index is 0.133. The first-order valence-electron chi connectivity index (χ1n) is 9.12. The third kappa shape index (κ3) is 5.03. The summed E-state index contributed by atoms with van der Waals surface area (Å²) in [6.45, 7) is 1.37. The molecule has 2 heterocycles. The second kappa shape index (κ2) is 9.40. The number of hydrogen-bond acceptors (Lipinski definition) is 6. The van der Waals surface area contributed by atoms with Crippen molar-refractivity contribution in [2.45, 2.75) is 25.3 Å². The van der Waals surface area contributed by atoms with Crippen molar-refractivity contribution in [3.05, 3.63) is 29.6 Å². The number of ether oxygens (including phenoxy) is 1. The summed E-state index contributed by atoms with van der Waals surface area (Å²) in [6.07, 6.45) is -1.25. The maximum absolute atomic E-state index is 12.9. The summed E-state index contributed by atoms with van der Waals surface area (Å²) in [5, 5.41) is 5.02. The van der Waals surface area contributed by atoms with Crippen molar-refractivity contribution in [1.82, 2.24) is 4.98 Å². The number of amides is 1. The van der Waals surface area contributed by atoms with Gasteiger partial charge in [0, 0.05) is 42.7 Å². The highest BCUT2D eigenvalue weighted by molar-refractivity contribution is 7.14. The molecule has 0 aliphatic carbocycles. The molecule has 1 aliphatic rings. The Morgan fingerprint density at radius 3 is 2.86 bits per heavy atom. The van der Waals surface area contributed by atoms with Gasteiger partial charge in [-0.15, -0.1) is 11.3 Å². The predicted octanol–water partition coefficient (Wildman–Crippen LogP) is 3.20. The number of nitrogens with two attached hydrogens (primary N) is 1. The Labute approximate surface area is 166 Å². The van der Waals surface area contributed by atoms with E-state index in [9.17, 15) is 13.6 Å². The van der Waals surface area contributed by atoms with Gasteiger partial charge in [0.1, 0.15) is 6.04 Å². The zero-order valence-electron chi connectivity index (χ0n) is 15.6. The van der Waals surface area contributed by atoms with E-state index in [1.807, 2.05) is 29.6 Å². The number of rotatable bonds is 7. The first-order valence-corrected chi connectivity index (χ1v) is 10.0. The van der Waals surface area contributed by atoms with Crippen LogP contribution in [0.3, 0.4) is 0 Å². The van der Waals surface area contributed by atoms with E-state index in [-0.39, 0.29) is 12.5 Å². The Balaban J connectivity index is 1.66. The molecule has 1 aromatic carbocycles. The monoisotopic (exact) mass is 410 g/mol. The molecule has 0 radical (unpaired) electrons. The van der Waals surface area contributed by atoms with Crippen LogP contribution in [-0.2, 0) is 9.53 Å². The van der Waals surface area contributed by atoms with Crippen molar-refractivity contribution in [3.8, 4) is 11.3 Å². The summed E-state index contributed by atoms with van der Waals surface area (Å²) < 4.78 is 30.6. The Kier molecular flexibility index (Phi) is 6.93. The fourth-order valence-corrected chi connectivity index (χ4v) is 3.91. The van der Waals surface area contributed by atoms with E-state index in [0.717, 1.165) is 16.9 Å². The van der Waals surface area contributed by atoms with Crippen LogP contribution in [0, 0.1) is 5.92 Å². The van der Waals surface area contributed by atoms with Gasteiger partial charge in [-0.1, -0.05) is 12.1 Å². The number of nitrogens with zero attached hydrogens (tertiary/aromatic N) is 2. The van der Waals surface area contributed by atoms with Gasteiger partial charge in [0.25, 0.3) is 0 Å². The second-order valence-electron chi connectivity index (χ2n) is 6.80. The van der Waals surface area contributed by atoms with Crippen molar-refractivity contribution in [3.63, 3.8) is 0 Å². The molecule has 1 fully saturated rings. The van der Waals surface area contributed by atoms with Crippen molar-refractivity contribution < 1.29 is 18.3 Å². The Morgan fingerprint density at radius 1 is 1.43 bits per heavy atom. The number of anilines is 2.